The molecule has 0 aliphatic heterocycles. The number of hydrogen-bond acceptors (Lipinski definition) is 5. The van der Waals surface area contributed by atoms with E-state index in [0.29, 0.717) is 11.1 Å². The summed E-state index contributed by atoms with van der Waals surface area (Å²) in [4.78, 5) is 12.4. The Morgan fingerprint density at radius 1 is 0.821 bits per heavy atom. The Morgan fingerprint density at radius 2 is 1.46 bits per heavy atom. The predicted molar refractivity (Wildman–Crippen MR) is 111 cm³/mol. The molecular formula is C22H17N3O2S. The van der Waals surface area contributed by atoms with Crippen LogP contribution in [0.25, 0.3) is 22.6 Å². The molecule has 0 aliphatic rings. The third kappa shape index (κ3) is 4.29. The number of carbonyl (C=O) groups excluding carboxylic acids is 1. The molecule has 3 aromatic carbocycles. The van der Waals surface area contributed by atoms with E-state index in [4.69, 9.17) is 4.42 Å². The molecule has 1 N–H and O–H groups in total. The molecule has 5 nitrogen and oxygen atoms in total. The molecular weight excluding hydrogens is 370 g/mol. The summed E-state index contributed by atoms with van der Waals surface area (Å²) in [5, 5.41) is 11.4. The molecule has 0 spiro atoms. The third-order valence-corrected chi connectivity index (χ3v) is 4.86. The lowest BCUT2D eigenvalue weighted by Gasteiger charge is -2.10. The number of benzene rings is 3. The van der Waals surface area contributed by atoms with Crippen molar-refractivity contribution < 1.29 is 9.21 Å². The van der Waals surface area contributed by atoms with E-state index in [1.165, 1.54) is 11.8 Å². The number of para-hydroxylation sites is 1. The lowest BCUT2D eigenvalue weighted by Crippen LogP contribution is -2.14. The van der Waals surface area contributed by atoms with Crippen molar-refractivity contribution in [3.8, 4) is 22.6 Å². The lowest BCUT2D eigenvalue weighted by atomic mass is 10.0. The number of nitrogens with zero attached hydrogens (tertiary/aromatic N) is 2. The van der Waals surface area contributed by atoms with Gasteiger partial charge >= 0.3 is 0 Å². The van der Waals surface area contributed by atoms with E-state index in [2.05, 4.69) is 15.5 Å². The second-order valence-corrected chi connectivity index (χ2v) is 6.91. The highest BCUT2D eigenvalue weighted by atomic mass is 32.2. The van der Waals surface area contributed by atoms with Crippen molar-refractivity contribution in [3.63, 3.8) is 0 Å². The SMILES string of the molecule is O=C(CSc1nnc(-c2ccccc2)o1)Nc1ccccc1-c1ccccc1. The predicted octanol–water partition coefficient (Wildman–Crippen LogP) is 5.13. The zero-order valence-electron chi connectivity index (χ0n) is 14.9. The topological polar surface area (TPSA) is 68.0 Å². The standard InChI is InChI=1S/C22H17N3O2S/c26-20(15-28-22-25-24-21(27-22)17-11-5-2-6-12-17)23-19-14-8-7-13-18(19)16-9-3-1-4-10-16/h1-14H,15H2,(H,23,26). The zero-order chi connectivity index (χ0) is 19.2. The van der Waals surface area contributed by atoms with E-state index >= 15 is 0 Å². The Hall–Kier alpha value is -3.38. The van der Waals surface area contributed by atoms with Gasteiger partial charge in [0.05, 0.1) is 5.75 Å². The Kier molecular flexibility index (Phi) is 5.49. The minimum Gasteiger partial charge on any atom is -0.411 e. The van der Waals surface area contributed by atoms with Crippen LogP contribution < -0.4 is 5.32 Å². The Labute approximate surface area is 166 Å². The van der Waals surface area contributed by atoms with E-state index in [1.54, 1.807) is 0 Å². The van der Waals surface area contributed by atoms with Crippen molar-refractivity contribution in [1.29, 1.82) is 0 Å². The van der Waals surface area contributed by atoms with Gasteiger partial charge in [0.15, 0.2) is 0 Å². The molecule has 4 rings (SSSR count). The van der Waals surface area contributed by atoms with Crippen LogP contribution in [0.15, 0.2) is 94.6 Å². The molecule has 0 saturated carbocycles. The molecule has 138 valence electrons. The largest absolute Gasteiger partial charge is 0.411 e. The summed E-state index contributed by atoms with van der Waals surface area (Å²) in [6.07, 6.45) is 0. The normalized spacial score (nSPS) is 10.6. The highest BCUT2D eigenvalue weighted by Crippen LogP contribution is 2.28. The average molecular weight is 387 g/mol. The monoisotopic (exact) mass is 387 g/mol. The highest BCUT2D eigenvalue weighted by Gasteiger charge is 2.12. The van der Waals surface area contributed by atoms with Crippen LogP contribution in [0.5, 0.6) is 0 Å². The van der Waals surface area contributed by atoms with E-state index in [0.717, 1.165) is 22.4 Å². The molecule has 28 heavy (non-hydrogen) atoms. The van der Waals surface area contributed by atoms with Crippen molar-refractivity contribution in [1.82, 2.24) is 10.2 Å². The number of amides is 1. The van der Waals surface area contributed by atoms with Crippen LogP contribution in [0, 0.1) is 0 Å². The molecule has 0 aliphatic carbocycles. The Balaban J connectivity index is 1.40. The van der Waals surface area contributed by atoms with Gasteiger partial charge in [-0.1, -0.05) is 78.5 Å². The van der Waals surface area contributed by atoms with Gasteiger partial charge in [0.25, 0.3) is 5.22 Å². The maximum Gasteiger partial charge on any atom is 0.277 e. The first-order valence-electron chi connectivity index (χ1n) is 8.75. The fraction of sp³-hybridized carbons (Fsp3) is 0.0455. The number of nitrogens with one attached hydrogen (secondary N) is 1. The lowest BCUT2D eigenvalue weighted by molar-refractivity contribution is -0.113. The van der Waals surface area contributed by atoms with Crippen molar-refractivity contribution in [2.75, 3.05) is 11.1 Å². The van der Waals surface area contributed by atoms with Gasteiger partial charge in [-0.2, -0.15) is 0 Å². The van der Waals surface area contributed by atoms with Crippen LogP contribution in [0.4, 0.5) is 5.69 Å². The van der Waals surface area contributed by atoms with Crippen LogP contribution in [0.3, 0.4) is 0 Å². The van der Waals surface area contributed by atoms with Crippen molar-refractivity contribution in [2.45, 2.75) is 5.22 Å². The number of hydrogen-bond donors (Lipinski definition) is 1. The molecule has 1 amide bonds. The molecule has 1 heterocycles. The quantitative estimate of drug-likeness (QED) is 0.464. The summed E-state index contributed by atoms with van der Waals surface area (Å²) < 4.78 is 5.62. The first-order chi connectivity index (χ1) is 13.8. The summed E-state index contributed by atoms with van der Waals surface area (Å²) in [5.74, 6) is 0.491. The molecule has 6 heteroatoms. The van der Waals surface area contributed by atoms with Gasteiger partial charge in [0.1, 0.15) is 0 Å². The Morgan fingerprint density at radius 3 is 2.21 bits per heavy atom. The fourth-order valence-corrected chi connectivity index (χ4v) is 3.30. The number of aromatic nitrogens is 2. The molecule has 0 unspecified atom stereocenters. The third-order valence-electron chi connectivity index (χ3n) is 4.04. The summed E-state index contributed by atoms with van der Waals surface area (Å²) in [5.41, 5.74) is 3.65. The smallest absolute Gasteiger partial charge is 0.277 e. The number of thioether (sulfide) groups is 1. The van der Waals surface area contributed by atoms with Crippen molar-refractivity contribution in [3.05, 3.63) is 84.9 Å². The van der Waals surface area contributed by atoms with Gasteiger partial charge in [-0.05, 0) is 23.8 Å². The van der Waals surface area contributed by atoms with Gasteiger partial charge in [-0.3, -0.25) is 4.79 Å². The second-order valence-electron chi connectivity index (χ2n) is 5.99. The van der Waals surface area contributed by atoms with E-state index in [1.807, 2.05) is 84.9 Å². The zero-order valence-corrected chi connectivity index (χ0v) is 15.7. The Bertz CT molecular complexity index is 1070. The van der Waals surface area contributed by atoms with E-state index in [-0.39, 0.29) is 11.7 Å². The minimum atomic E-state index is -0.132. The molecule has 0 fully saturated rings. The van der Waals surface area contributed by atoms with Gasteiger partial charge in [-0.15, -0.1) is 10.2 Å². The first-order valence-corrected chi connectivity index (χ1v) is 9.74. The number of anilines is 1. The van der Waals surface area contributed by atoms with E-state index in [9.17, 15) is 4.79 Å². The second kappa shape index (κ2) is 8.54. The van der Waals surface area contributed by atoms with Crippen LogP contribution in [-0.4, -0.2) is 21.9 Å². The number of carbonyl (C=O) groups is 1. The van der Waals surface area contributed by atoms with Crippen molar-refractivity contribution >= 4 is 23.4 Å². The maximum atomic E-state index is 12.4. The van der Waals surface area contributed by atoms with Gasteiger partial charge in [-0.25, -0.2) is 0 Å². The van der Waals surface area contributed by atoms with Gasteiger partial charge < -0.3 is 9.73 Å². The maximum absolute atomic E-state index is 12.4. The van der Waals surface area contributed by atoms with E-state index < -0.39 is 0 Å². The molecule has 4 aromatic rings. The first kappa shape index (κ1) is 18.0. The summed E-state index contributed by atoms with van der Waals surface area (Å²) in [6.45, 7) is 0. The highest BCUT2D eigenvalue weighted by molar-refractivity contribution is 7.99. The van der Waals surface area contributed by atoms with Crippen LogP contribution in [0.1, 0.15) is 0 Å². The molecule has 0 radical (unpaired) electrons. The van der Waals surface area contributed by atoms with Crippen LogP contribution >= 0.6 is 11.8 Å². The minimum absolute atomic E-state index is 0.132. The van der Waals surface area contributed by atoms with Crippen LogP contribution in [-0.2, 0) is 4.79 Å². The molecule has 0 saturated heterocycles. The van der Waals surface area contributed by atoms with Crippen LogP contribution in [0.2, 0.25) is 0 Å². The van der Waals surface area contributed by atoms with Gasteiger partial charge in [0, 0.05) is 16.8 Å². The van der Waals surface area contributed by atoms with Gasteiger partial charge in [0.2, 0.25) is 11.8 Å². The molecule has 0 bridgehead atoms. The fourth-order valence-electron chi connectivity index (χ4n) is 2.74. The van der Waals surface area contributed by atoms with Crippen molar-refractivity contribution in [2.24, 2.45) is 0 Å². The number of rotatable bonds is 6. The molecule has 0 atom stereocenters. The summed E-state index contributed by atoms with van der Waals surface area (Å²) in [7, 11) is 0. The average Bonchev–Trinajstić information content (AvgIpc) is 3.23. The summed E-state index contributed by atoms with van der Waals surface area (Å²) in [6, 6.07) is 27.2. The molecule has 1 aromatic heterocycles. The summed E-state index contributed by atoms with van der Waals surface area (Å²) >= 11 is 1.21.